The zero-order valence-electron chi connectivity index (χ0n) is 17.2. The third-order valence-electron chi connectivity index (χ3n) is 5.51. The van der Waals surface area contributed by atoms with E-state index in [4.69, 9.17) is 8.92 Å². The maximum absolute atomic E-state index is 12.6. The Hall–Kier alpha value is -2.38. The van der Waals surface area contributed by atoms with Crippen molar-refractivity contribution >= 4 is 16.0 Å². The zero-order chi connectivity index (χ0) is 21.2. The van der Waals surface area contributed by atoms with Crippen molar-refractivity contribution in [3.8, 4) is 5.75 Å². The topological polar surface area (TPSA) is 72.9 Å². The van der Waals surface area contributed by atoms with Crippen molar-refractivity contribution in [1.29, 1.82) is 0 Å². The van der Waals surface area contributed by atoms with Gasteiger partial charge in [0.05, 0.1) is 24.2 Å². The first-order chi connectivity index (χ1) is 13.7. The molecule has 0 bridgehead atoms. The molecule has 0 aromatic heterocycles. The highest BCUT2D eigenvalue weighted by atomic mass is 32.2. The lowest BCUT2D eigenvalue weighted by Crippen LogP contribution is -2.31. The molecule has 1 aliphatic rings. The number of nitrogens with zero attached hydrogens (tertiary/aromatic N) is 1. The van der Waals surface area contributed by atoms with E-state index in [-0.39, 0.29) is 29.2 Å². The van der Waals surface area contributed by atoms with Crippen LogP contribution in [0.1, 0.15) is 37.4 Å². The molecule has 0 spiro atoms. The number of likely N-dealkylation sites (tertiary alicyclic amines) is 1. The van der Waals surface area contributed by atoms with Crippen molar-refractivity contribution in [2.24, 2.45) is 5.92 Å². The molecular formula is C22H27NO5S. The lowest BCUT2D eigenvalue weighted by molar-refractivity contribution is -0.129. The van der Waals surface area contributed by atoms with Gasteiger partial charge in [0.2, 0.25) is 5.91 Å². The molecule has 3 rings (SSSR count). The van der Waals surface area contributed by atoms with Crippen LogP contribution in [0.5, 0.6) is 5.75 Å². The molecule has 2 aromatic rings. The number of carbonyl (C=O) groups excluding carboxylic acids is 1. The van der Waals surface area contributed by atoms with E-state index in [0.29, 0.717) is 6.54 Å². The van der Waals surface area contributed by atoms with Gasteiger partial charge in [0.15, 0.2) is 0 Å². The van der Waals surface area contributed by atoms with Crippen LogP contribution >= 0.6 is 0 Å². The van der Waals surface area contributed by atoms with Gasteiger partial charge in [-0.25, -0.2) is 0 Å². The standard InChI is InChI=1S/C22H27NO5S/c1-15-5-11-21(12-6-15)29(25,26)28-17(3)19-13-22(24)23(14-19)16(2)18-7-9-20(27-4)10-8-18/h5-12,16-17,19H,13-14H2,1-4H3/t16-,17-,19+/m0/s1. The Balaban J connectivity index is 1.67. The predicted octanol–water partition coefficient (Wildman–Crippen LogP) is 3.71. The van der Waals surface area contributed by atoms with Gasteiger partial charge in [0, 0.05) is 18.9 Å². The summed E-state index contributed by atoms with van der Waals surface area (Å²) in [5.41, 5.74) is 1.97. The molecule has 0 saturated carbocycles. The van der Waals surface area contributed by atoms with E-state index in [9.17, 15) is 13.2 Å². The van der Waals surface area contributed by atoms with Crippen LogP contribution in [-0.2, 0) is 19.1 Å². The van der Waals surface area contributed by atoms with E-state index in [2.05, 4.69) is 0 Å². The molecule has 0 aliphatic carbocycles. The number of hydrogen-bond acceptors (Lipinski definition) is 5. The van der Waals surface area contributed by atoms with Crippen LogP contribution in [0.25, 0.3) is 0 Å². The van der Waals surface area contributed by atoms with Crippen molar-refractivity contribution in [2.75, 3.05) is 13.7 Å². The fourth-order valence-electron chi connectivity index (χ4n) is 3.55. The molecule has 1 saturated heterocycles. The largest absolute Gasteiger partial charge is 0.497 e. The monoisotopic (exact) mass is 417 g/mol. The third-order valence-corrected chi connectivity index (χ3v) is 6.91. The quantitative estimate of drug-likeness (QED) is 0.642. The molecule has 156 valence electrons. The van der Waals surface area contributed by atoms with Crippen molar-refractivity contribution < 1.29 is 22.1 Å². The summed E-state index contributed by atoms with van der Waals surface area (Å²) >= 11 is 0. The van der Waals surface area contributed by atoms with E-state index < -0.39 is 16.2 Å². The van der Waals surface area contributed by atoms with E-state index >= 15 is 0 Å². The molecule has 3 atom stereocenters. The van der Waals surface area contributed by atoms with Crippen LogP contribution in [0.3, 0.4) is 0 Å². The number of aryl methyl sites for hydroxylation is 1. The van der Waals surface area contributed by atoms with Gasteiger partial charge in [0.25, 0.3) is 10.1 Å². The lowest BCUT2D eigenvalue weighted by Gasteiger charge is -2.26. The Morgan fingerprint density at radius 3 is 2.24 bits per heavy atom. The molecule has 0 unspecified atom stereocenters. The van der Waals surface area contributed by atoms with Crippen LogP contribution in [-0.4, -0.2) is 39.0 Å². The molecule has 0 radical (unpaired) electrons. The molecule has 1 aliphatic heterocycles. The number of ether oxygens (including phenoxy) is 1. The number of amides is 1. The predicted molar refractivity (Wildman–Crippen MR) is 110 cm³/mol. The van der Waals surface area contributed by atoms with Gasteiger partial charge in [-0.05, 0) is 50.6 Å². The minimum atomic E-state index is -3.87. The average Bonchev–Trinajstić information content (AvgIpc) is 3.09. The van der Waals surface area contributed by atoms with E-state index in [1.54, 1.807) is 31.1 Å². The normalized spacial score (nSPS) is 19.2. The van der Waals surface area contributed by atoms with Crippen molar-refractivity contribution in [3.63, 3.8) is 0 Å². The van der Waals surface area contributed by atoms with Gasteiger partial charge in [-0.1, -0.05) is 29.8 Å². The van der Waals surface area contributed by atoms with Gasteiger partial charge in [-0.15, -0.1) is 0 Å². The Morgan fingerprint density at radius 1 is 1.03 bits per heavy atom. The molecule has 2 aromatic carbocycles. The van der Waals surface area contributed by atoms with Gasteiger partial charge in [-0.3, -0.25) is 8.98 Å². The Kier molecular flexibility index (Phi) is 6.29. The summed E-state index contributed by atoms with van der Waals surface area (Å²) in [7, 11) is -2.26. The fraction of sp³-hybridized carbons (Fsp3) is 0.409. The second-order valence-corrected chi connectivity index (χ2v) is 9.10. The van der Waals surface area contributed by atoms with E-state index in [0.717, 1.165) is 16.9 Å². The number of hydrogen-bond donors (Lipinski definition) is 0. The van der Waals surface area contributed by atoms with Gasteiger partial charge in [-0.2, -0.15) is 8.42 Å². The summed E-state index contributed by atoms with van der Waals surface area (Å²) in [6.07, 6.45) is -0.330. The Bertz CT molecular complexity index is 954. The summed E-state index contributed by atoms with van der Waals surface area (Å²) in [6.45, 7) is 6.03. The smallest absolute Gasteiger partial charge is 0.297 e. The summed E-state index contributed by atoms with van der Waals surface area (Å²) in [5.74, 6) is 0.569. The SMILES string of the molecule is COc1ccc([C@H](C)N2C[C@H]([C@H](C)OS(=O)(=O)c3ccc(C)cc3)CC2=O)cc1. The fourth-order valence-corrected chi connectivity index (χ4v) is 4.69. The number of benzene rings is 2. The molecule has 29 heavy (non-hydrogen) atoms. The van der Waals surface area contributed by atoms with Crippen molar-refractivity contribution in [3.05, 3.63) is 59.7 Å². The summed E-state index contributed by atoms with van der Waals surface area (Å²) in [6, 6.07) is 14.0. The van der Waals surface area contributed by atoms with E-state index in [1.165, 1.54) is 12.1 Å². The van der Waals surface area contributed by atoms with Gasteiger partial charge >= 0.3 is 0 Å². The summed E-state index contributed by atoms with van der Waals surface area (Å²) in [4.78, 5) is 14.5. The van der Waals surface area contributed by atoms with Crippen LogP contribution in [0.2, 0.25) is 0 Å². The first-order valence-electron chi connectivity index (χ1n) is 9.64. The second kappa shape index (κ2) is 8.55. The molecule has 1 fully saturated rings. The number of rotatable bonds is 7. The van der Waals surface area contributed by atoms with Gasteiger partial charge in [0.1, 0.15) is 5.75 Å². The van der Waals surface area contributed by atoms with Gasteiger partial charge < -0.3 is 9.64 Å². The van der Waals surface area contributed by atoms with Crippen LogP contribution < -0.4 is 4.74 Å². The first-order valence-corrected chi connectivity index (χ1v) is 11.1. The van der Waals surface area contributed by atoms with Crippen LogP contribution in [0, 0.1) is 12.8 Å². The average molecular weight is 418 g/mol. The third kappa shape index (κ3) is 4.79. The Morgan fingerprint density at radius 2 is 1.66 bits per heavy atom. The molecule has 7 heteroatoms. The molecule has 1 amide bonds. The highest BCUT2D eigenvalue weighted by molar-refractivity contribution is 7.86. The number of carbonyl (C=O) groups is 1. The highest BCUT2D eigenvalue weighted by Crippen LogP contribution is 2.32. The van der Waals surface area contributed by atoms with Crippen LogP contribution in [0.15, 0.2) is 53.4 Å². The lowest BCUT2D eigenvalue weighted by atomic mass is 10.0. The van der Waals surface area contributed by atoms with Crippen LogP contribution in [0.4, 0.5) is 0 Å². The van der Waals surface area contributed by atoms with Crippen molar-refractivity contribution in [2.45, 2.75) is 44.2 Å². The summed E-state index contributed by atoms with van der Waals surface area (Å²) in [5, 5.41) is 0. The maximum Gasteiger partial charge on any atom is 0.297 e. The minimum Gasteiger partial charge on any atom is -0.497 e. The zero-order valence-corrected chi connectivity index (χ0v) is 18.0. The second-order valence-electron chi connectivity index (χ2n) is 7.53. The molecular weight excluding hydrogens is 390 g/mol. The highest BCUT2D eigenvalue weighted by Gasteiger charge is 2.38. The molecule has 6 nitrogen and oxygen atoms in total. The first kappa shape index (κ1) is 21.3. The minimum absolute atomic E-state index is 0.00139. The molecule has 1 heterocycles. The molecule has 0 N–H and O–H groups in total. The van der Waals surface area contributed by atoms with Crippen molar-refractivity contribution in [1.82, 2.24) is 4.90 Å². The summed E-state index contributed by atoms with van der Waals surface area (Å²) < 4.78 is 35.7. The number of methoxy groups -OCH3 is 1. The Labute approximate surface area is 172 Å². The maximum atomic E-state index is 12.6. The van der Waals surface area contributed by atoms with E-state index in [1.807, 2.05) is 38.1 Å².